The number of hydrogen-bond donors (Lipinski definition) is 0. The molecule has 0 bridgehead atoms. The van der Waals surface area contributed by atoms with E-state index in [1.165, 1.54) is 16.5 Å². The average molecular weight is 144 g/mol. The third-order valence-electron chi connectivity index (χ3n) is 1.95. The molecule has 1 aromatic heterocycles. The molecule has 2 rings (SSSR count). The zero-order valence-corrected chi connectivity index (χ0v) is 6.76. The van der Waals surface area contributed by atoms with Crippen molar-refractivity contribution < 1.29 is 0 Å². The Morgan fingerprint density at radius 1 is 1.36 bits per heavy atom. The number of aromatic nitrogens is 1. The molecule has 0 saturated heterocycles. The Balaban J connectivity index is 2.86. The van der Waals surface area contributed by atoms with E-state index in [2.05, 4.69) is 35.8 Å². The minimum atomic E-state index is 1.20. The van der Waals surface area contributed by atoms with Crippen LogP contribution in [0.2, 0.25) is 0 Å². The number of nitrogens with zero attached hydrogens (tertiary/aromatic N) is 1. The normalized spacial score (nSPS) is 10.7. The van der Waals surface area contributed by atoms with Crippen LogP contribution in [0.25, 0.3) is 10.9 Å². The highest BCUT2D eigenvalue weighted by Gasteiger charge is 1.95. The lowest BCUT2D eigenvalue weighted by atomic mass is 10.2. The van der Waals surface area contributed by atoms with Gasteiger partial charge in [0.2, 0.25) is 0 Å². The lowest BCUT2D eigenvalue weighted by Gasteiger charge is -1.95. The van der Waals surface area contributed by atoms with Crippen LogP contribution >= 0.6 is 0 Å². The van der Waals surface area contributed by atoms with Crippen LogP contribution in [-0.4, -0.2) is 4.57 Å². The first kappa shape index (κ1) is 6.47. The fraction of sp³-hybridized carbons (Fsp3) is 0.200. The molecule has 1 aromatic carbocycles. The van der Waals surface area contributed by atoms with Gasteiger partial charge in [0, 0.05) is 30.2 Å². The van der Waals surface area contributed by atoms with E-state index >= 15 is 0 Å². The largest absolute Gasteiger partial charge is 0.350 e. The highest BCUT2D eigenvalue weighted by Crippen LogP contribution is 2.14. The van der Waals surface area contributed by atoms with Crippen molar-refractivity contribution >= 4 is 10.9 Å². The molecule has 0 fully saturated rings. The van der Waals surface area contributed by atoms with E-state index in [-0.39, 0.29) is 0 Å². The zero-order valence-electron chi connectivity index (χ0n) is 6.76. The third-order valence-corrected chi connectivity index (χ3v) is 1.95. The van der Waals surface area contributed by atoms with Crippen molar-refractivity contribution in [1.82, 2.24) is 4.57 Å². The number of benzene rings is 1. The van der Waals surface area contributed by atoms with Crippen LogP contribution in [0.3, 0.4) is 0 Å². The van der Waals surface area contributed by atoms with E-state index in [0.29, 0.717) is 0 Å². The molecule has 0 aliphatic heterocycles. The Bertz CT molecular complexity index is 385. The Morgan fingerprint density at radius 3 is 3.00 bits per heavy atom. The maximum Gasteiger partial charge on any atom is 0.0484 e. The van der Waals surface area contributed by atoms with Gasteiger partial charge >= 0.3 is 0 Å². The molecule has 1 heterocycles. The van der Waals surface area contributed by atoms with Gasteiger partial charge in [-0.05, 0) is 19.1 Å². The van der Waals surface area contributed by atoms with Crippen LogP contribution in [0.15, 0.2) is 24.4 Å². The SMILES string of the molecule is Cc1ccc2c([c]cn2C)c1. The van der Waals surface area contributed by atoms with Crippen molar-refractivity contribution in [3.05, 3.63) is 36.0 Å². The summed E-state index contributed by atoms with van der Waals surface area (Å²) in [5.41, 5.74) is 2.54. The van der Waals surface area contributed by atoms with Crippen molar-refractivity contribution in [1.29, 1.82) is 0 Å². The van der Waals surface area contributed by atoms with Crippen LogP contribution < -0.4 is 0 Å². The summed E-state index contributed by atoms with van der Waals surface area (Å²) in [4.78, 5) is 0. The first-order valence-electron chi connectivity index (χ1n) is 3.71. The van der Waals surface area contributed by atoms with E-state index in [0.717, 1.165) is 0 Å². The lowest BCUT2D eigenvalue weighted by Crippen LogP contribution is -1.82. The molecule has 0 N–H and O–H groups in total. The Kier molecular flexibility index (Phi) is 1.25. The standard InChI is InChI=1S/C10H10N/c1-8-3-4-10-9(7-8)5-6-11(10)2/h3-4,6-7H,1-2H3. The molecule has 0 unspecified atom stereocenters. The molecule has 0 aliphatic rings. The number of rotatable bonds is 0. The van der Waals surface area contributed by atoms with Gasteiger partial charge in [0.15, 0.2) is 0 Å². The molecule has 1 nitrogen and oxygen atoms in total. The van der Waals surface area contributed by atoms with Gasteiger partial charge < -0.3 is 4.57 Å². The van der Waals surface area contributed by atoms with E-state index in [9.17, 15) is 0 Å². The molecule has 0 amide bonds. The molecular weight excluding hydrogens is 134 g/mol. The second-order valence-corrected chi connectivity index (χ2v) is 2.90. The minimum Gasteiger partial charge on any atom is -0.350 e. The number of hydrogen-bond acceptors (Lipinski definition) is 0. The third kappa shape index (κ3) is 0.929. The summed E-state index contributed by atoms with van der Waals surface area (Å²) in [7, 11) is 2.04. The van der Waals surface area contributed by atoms with Gasteiger partial charge in [-0.15, -0.1) is 0 Å². The van der Waals surface area contributed by atoms with Crippen LogP contribution in [0, 0.1) is 13.0 Å². The van der Waals surface area contributed by atoms with E-state index in [1.807, 2.05) is 13.2 Å². The first-order valence-corrected chi connectivity index (χ1v) is 3.71. The molecule has 0 saturated carbocycles. The molecule has 1 heteroatoms. The molecule has 11 heavy (non-hydrogen) atoms. The summed E-state index contributed by atoms with van der Waals surface area (Å²) < 4.78 is 2.08. The fourth-order valence-electron chi connectivity index (χ4n) is 1.31. The van der Waals surface area contributed by atoms with Gasteiger partial charge in [-0.25, -0.2) is 0 Å². The Labute approximate surface area is 66.3 Å². The second kappa shape index (κ2) is 2.12. The zero-order chi connectivity index (χ0) is 7.84. The van der Waals surface area contributed by atoms with Crippen molar-refractivity contribution in [2.45, 2.75) is 6.92 Å². The summed E-state index contributed by atoms with van der Waals surface area (Å²) >= 11 is 0. The monoisotopic (exact) mass is 144 g/mol. The van der Waals surface area contributed by atoms with Gasteiger partial charge in [0.05, 0.1) is 0 Å². The molecular formula is C10H10N. The summed E-state index contributed by atoms with van der Waals surface area (Å²) in [6.45, 7) is 2.10. The molecule has 0 atom stereocenters. The van der Waals surface area contributed by atoms with E-state index in [1.54, 1.807) is 0 Å². The summed E-state index contributed by atoms with van der Waals surface area (Å²) in [5, 5.41) is 1.20. The van der Waals surface area contributed by atoms with Crippen LogP contribution in [-0.2, 0) is 7.05 Å². The van der Waals surface area contributed by atoms with Gasteiger partial charge in [-0.3, -0.25) is 0 Å². The van der Waals surface area contributed by atoms with Gasteiger partial charge in [0.25, 0.3) is 0 Å². The molecule has 1 radical (unpaired) electrons. The Morgan fingerprint density at radius 2 is 2.18 bits per heavy atom. The predicted octanol–water partition coefficient (Wildman–Crippen LogP) is 2.29. The smallest absolute Gasteiger partial charge is 0.0484 e. The molecule has 0 spiro atoms. The summed E-state index contributed by atoms with van der Waals surface area (Å²) in [6, 6.07) is 9.59. The topological polar surface area (TPSA) is 4.93 Å². The van der Waals surface area contributed by atoms with Crippen molar-refractivity contribution in [2.75, 3.05) is 0 Å². The lowest BCUT2D eigenvalue weighted by molar-refractivity contribution is 0.968. The fourth-order valence-corrected chi connectivity index (χ4v) is 1.31. The Hall–Kier alpha value is -1.24. The highest BCUT2D eigenvalue weighted by atomic mass is 14.9. The maximum absolute atomic E-state index is 3.19. The van der Waals surface area contributed by atoms with Gasteiger partial charge in [-0.1, -0.05) is 11.6 Å². The minimum absolute atomic E-state index is 1.20. The van der Waals surface area contributed by atoms with Crippen molar-refractivity contribution in [3.8, 4) is 0 Å². The van der Waals surface area contributed by atoms with Gasteiger partial charge in [0.1, 0.15) is 0 Å². The predicted molar refractivity (Wildman–Crippen MR) is 46.5 cm³/mol. The number of aryl methyl sites for hydroxylation is 2. The number of fused-ring (bicyclic) bond motifs is 1. The summed E-state index contributed by atoms with van der Waals surface area (Å²) in [6.07, 6.45) is 1.96. The molecule has 2 aromatic rings. The van der Waals surface area contributed by atoms with Crippen molar-refractivity contribution in [2.24, 2.45) is 7.05 Å². The van der Waals surface area contributed by atoms with E-state index in [4.69, 9.17) is 0 Å². The van der Waals surface area contributed by atoms with Gasteiger partial charge in [-0.2, -0.15) is 0 Å². The first-order chi connectivity index (χ1) is 5.27. The average Bonchev–Trinajstić information content (AvgIpc) is 2.32. The summed E-state index contributed by atoms with van der Waals surface area (Å²) in [5.74, 6) is 0. The quantitative estimate of drug-likeness (QED) is 0.534. The molecule has 55 valence electrons. The molecule has 0 aliphatic carbocycles. The maximum atomic E-state index is 3.19. The van der Waals surface area contributed by atoms with Crippen LogP contribution in [0.4, 0.5) is 0 Å². The van der Waals surface area contributed by atoms with Crippen molar-refractivity contribution in [3.63, 3.8) is 0 Å². The highest BCUT2D eigenvalue weighted by molar-refractivity contribution is 5.79. The van der Waals surface area contributed by atoms with Crippen LogP contribution in [0.1, 0.15) is 5.56 Å². The van der Waals surface area contributed by atoms with E-state index < -0.39 is 0 Å². The van der Waals surface area contributed by atoms with Crippen LogP contribution in [0.5, 0.6) is 0 Å². The second-order valence-electron chi connectivity index (χ2n) is 2.90.